The average molecular weight is 678 g/mol. The second-order valence-corrected chi connectivity index (χ2v) is 10.7. The summed E-state index contributed by atoms with van der Waals surface area (Å²) in [4.78, 5) is 20.4. The van der Waals surface area contributed by atoms with Crippen LogP contribution in [0.25, 0.3) is 0 Å². The molecule has 4 nitrogen and oxygen atoms in total. The van der Waals surface area contributed by atoms with Crippen molar-refractivity contribution in [3.63, 3.8) is 0 Å². The molecule has 0 aromatic heterocycles. The smallest absolute Gasteiger partial charge is 0.550 e. The number of hydrogen-bond acceptors (Lipinski definition) is 4. The molecule has 0 heterocycles. The SMILES string of the molecule is CCCCCC=CCC=CCCCCCCCC(=O)[O-].CCCCCC=CCC=CCCCCCCCC(=O)[O-].[Sn+2]. The van der Waals surface area contributed by atoms with Crippen LogP contribution in [0.2, 0.25) is 0 Å². The van der Waals surface area contributed by atoms with Crippen molar-refractivity contribution in [3.05, 3.63) is 48.6 Å². The normalized spacial score (nSPS) is 11.4. The zero-order valence-electron chi connectivity index (χ0n) is 26.7. The first-order valence-corrected chi connectivity index (χ1v) is 16.5. The van der Waals surface area contributed by atoms with Gasteiger partial charge >= 0.3 is 23.9 Å². The number of carboxylic acids is 2. The van der Waals surface area contributed by atoms with Gasteiger partial charge in [-0.05, 0) is 89.9 Å². The van der Waals surface area contributed by atoms with Crippen molar-refractivity contribution >= 4 is 35.8 Å². The van der Waals surface area contributed by atoms with Crippen molar-refractivity contribution in [2.45, 2.75) is 168 Å². The van der Waals surface area contributed by atoms with Crippen LogP contribution in [0.4, 0.5) is 0 Å². The molecule has 0 aromatic carbocycles. The van der Waals surface area contributed by atoms with Crippen molar-refractivity contribution in [2.75, 3.05) is 0 Å². The largest absolute Gasteiger partial charge is 2.00 e. The molecule has 0 aliphatic carbocycles. The summed E-state index contributed by atoms with van der Waals surface area (Å²) in [6.07, 6.45) is 43.9. The van der Waals surface area contributed by atoms with Gasteiger partial charge in [0.05, 0.1) is 0 Å². The minimum atomic E-state index is -0.921. The maximum atomic E-state index is 10.2. The molecule has 0 amide bonds. The minimum Gasteiger partial charge on any atom is -0.550 e. The number of hydrogen-bond donors (Lipinski definition) is 0. The number of allylic oxidation sites excluding steroid dienone is 8. The van der Waals surface area contributed by atoms with E-state index in [0.29, 0.717) is 0 Å². The monoisotopic (exact) mass is 678 g/mol. The van der Waals surface area contributed by atoms with Crippen molar-refractivity contribution < 1.29 is 19.8 Å². The van der Waals surface area contributed by atoms with Gasteiger partial charge in [-0.25, -0.2) is 0 Å². The summed E-state index contributed by atoms with van der Waals surface area (Å²) in [5, 5.41) is 20.4. The summed E-state index contributed by atoms with van der Waals surface area (Å²) in [6, 6.07) is 0. The van der Waals surface area contributed by atoms with Crippen LogP contribution < -0.4 is 10.2 Å². The molecule has 5 heteroatoms. The number of carbonyl (C=O) groups excluding carboxylic acids is 2. The number of carboxylic acid groups (broad SMARTS) is 2. The van der Waals surface area contributed by atoms with Gasteiger partial charge in [0.2, 0.25) is 0 Å². The molecule has 234 valence electrons. The Kier molecular flexibility index (Phi) is 44.0. The zero-order valence-corrected chi connectivity index (χ0v) is 29.6. The van der Waals surface area contributed by atoms with E-state index in [4.69, 9.17) is 0 Å². The summed E-state index contributed by atoms with van der Waals surface area (Å²) in [5.41, 5.74) is 0. The summed E-state index contributed by atoms with van der Waals surface area (Å²) >= 11 is 0. The Morgan fingerprint density at radius 3 is 0.976 bits per heavy atom. The van der Waals surface area contributed by atoms with E-state index in [-0.39, 0.29) is 36.7 Å². The van der Waals surface area contributed by atoms with Crippen molar-refractivity contribution in [1.29, 1.82) is 0 Å². The number of rotatable bonds is 28. The minimum absolute atomic E-state index is 0. The molecular formula is C36H62O4Sn. The third-order valence-corrected chi connectivity index (χ3v) is 6.66. The second kappa shape index (κ2) is 40.8. The molecule has 0 aliphatic heterocycles. The Bertz CT molecular complexity index is 596. The molecular weight excluding hydrogens is 615 g/mol. The first-order chi connectivity index (χ1) is 19.5. The Balaban J connectivity index is -0.000000688. The van der Waals surface area contributed by atoms with E-state index in [0.717, 1.165) is 64.2 Å². The molecule has 0 saturated heterocycles. The fraction of sp³-hybridized carbons (Fsp3) is 0.722. The van der Waals surface area contributed by atoms with E-state index >= 15 is 0 Å². The molecule has 0 rings (SSSR count). The maximum absolute atomic E-state index is 10.2. The standard InChI is InChI=1S/2C18H32O2.Sn/c2*1-2-3-4-5-6-7-8-9-10-11-12-13-14-15-16-17-18(19)20;/h2*6-7,9-10H,2-5,8,11-17H2,1H3,(H,19,20);/q;;+2/p-2. The van der Waals surface area contributed by atoms with Crippen LogP contribution in [0.3, 0.4) is 0 Å². The average Bonchev–Trinajstić information content (AvgIpc) is 2.93. The third-order valence-electron chi connectivity index (χ3n) is 6.66. The van der Waals surface area contributed by atoms with Crippen LogP contribution >= 0.6 is 0 Å². The first-order valence-electron chi connectivity index (χ1n) is 16.5. The first kappa shape index (κ1) is 44.1. The van der Waals surface area contributed by atoms with Gasteiger partial charge in [0, 0.05) is 11.9 Å². The number of unbranched alkanes of at least 4 members (excludes halogenated alkanes) is 16. The topological polar surface area (TPSA) is 80.3 Å². The van der Waals surface area contributed by atoms with E-state index in [1.165, 1.54) is 77.0 Å². The van der Waals surface area contributed by atoms with Crippen LogP contribution in [0.1, 0.15) is 168 Å². The van der Waals surface area contributed by atoms with Crippen LogP contribution in [0, 0.1) is 0 Å². The van der Waals surface area contributed by atoms with E-state index in [2.05, 4.69) is 62.5 Å². The molecule has 0 spiro atoms. The fourth-order valence-corrected chi connectivity index (χ4v) is 4.16. The van der Waals surface area contributed by atoms with E-state index in [1.54, 1.807) is 0 Å². The fourth-order valence-electron chi connectivity index (χ4n) is 4.16. The van der Waals surface area contributed by atoms with Crippen molar-refractivity contribution in [1.82, 2.24) is 0 Å². The van der Waals surface area contributed by atoms with E-state index < -0.39 is 11.9 Å². The van der Waals surface area contributed by atoms with Gasteiger partial charge in [0.15, 0.2) is 0 Å². The Hall–Kier alpha value is -1.30. The van der Waals surface area contributed by atoms with E-state index in [1.807, 2.05) is 0 Å². The van der Waals surface area contributed by atoms with Gasteiger partial charge in [0.25, 0.3) is 0 Å². The second-order valence-electron chi connectivity index (χ2n) is 10.7. The van der Waals surface area contributed by atoms with Crippen LogP contribution in [0.5, 0.6) is 0 Å². The number of carbonyl (C=O) groups is 2. The van der Waals surface area contributed by atoms with Crippen LogP contribution in [-0.2, 0) is 9.59 Å². The predicted molar refractivity (Wildman–Crippen MR) is 174 cm³/mol. The zero-order chi connectivity index (χ0) is 29.8. The Morgan fingerprint density at radius 1 is 0.415 bits per heavy atom. The molecule has 0 N–H and O–H groups in total. The molecule has 41 heavy (non-hydrogen) atoms. The van der Waals surface area contributed by atoms with Gasteiger partial charge in [-0.15, -0.1) is 0 Å². The quantitative estimate of drug-likeness (QED) is 0.0472. The molecule has 2 radical (unpaired) electrons. The Morgan fingerprint density at radius 2 is 0.683 bits per heavy atom. The van der Waals surface area contributed by atoms with Gasteiger partial charge < -0.3 is 19.8 Å². The van der Waals surface area contributed by atoms with Gasteiger partial charge in [-0.1, -0.05) is 127 Å². The molecule has 0 atom stereocenters. The van der Waals surface area contributed by atoms with Gasteiger partial charge in [0.1, 0.15) is 0 Å². The summed E-state index contributed by atoms with van der Waals surface area (Å²) in [5.74, 6) is -1.84. The number of aliphatic carboxylic acids is 2. The van der Waals surface area contributed by atoms with Crippen molar-refractivity contribution in [2.24, 2.45) is 0 Å². The summed E-state index contributed by atoms with van der Waals surface area (Å²) < 4.78 is 0. The molecule has 0 saturated carbocycles. The molecule has 0 aliphatic rings. The summed E-state index contributed by atoms with van der Waals surface area (Å²) in [6.45, 7) is 4.46. The molecule has 0 unspecified atom stereocenters. The van der Waals surface area contributed by atoms with Crippen molar-refractivity contribution in [3.8, 4) is 0 Å². The van der Waals surface area contributed by atoms with Gasteiger partial charge in [-0.3, -0.25) is 0 Å². The Labute approximate surface area is 271 Å². The molecule has 0 aromatic rings. The third kappa shape index (κ3) is 48.7. The summed E-state index contributed by atoms with van der Waals surface area (Å²) in [7, 11) is 0. The van der Waals surface area contributed by atoms with Gasteiger partial charge in [-0.2, -0.15) is 0 Å². The van der Waals surface area contributed by atoms with Crippen LogP contribution in [-0.4, -0.2) is 35.8 Å². The molecule has 0 bridgehead atoms. The van der Waals surface area contributed by atoms with Crippen LogP contribution in [0.15, 0.2) is 48.6 Å². The maximum Gasteiger partial charge on any atom is 2.00 e. The van der Waals surface area contributed by atoms with E-state index in [9.17, 15) is 19.8 Å². The molecule has 0 fully saturated rings. The predicted octanol–water partition coefficient (Wildman–Crippen LogP) is 8.72.